The van der Waals surface area contributed by atoms with Gasteiger partial charge >= 0.3 is 0 Å². The van der Waals surface area contributed by atoms with Crippen molar-refractivity contribution < 1.29 is 9.59 Å². The average Bonchev–Trinajstić information content (AvgIpc) is 3.85. The number of benzene rings is 4. The minimum Gasteiger partial charge on any atom is -0.382 e. The van der Waals surface area contributed by atoms with Crippen LogP contribution in [0.15, 0.2) is 122 Å². The molecule has 0 fully saturated rings. The van der Waals surface area contributed by atoms with Gasteiger partial charge in [-0.3, -0.25) is 19.9 Å². The second-order valence-corrected chi connectivity index (χ2v) is 14.1. The predicted molar refractivity (Wildman–Crippen MR) is 234 cm³/mol. The summed E-state index contributed by atoms with van der Waals surface area (Å²) >= 11 is 25.0. The Labute approximate surface area is 360 Å². The average molecular weight is 878 g/mol. The largest absolute Gasteiger partial charge is 0.382 e. The molecule has 0 bridgehead atoms. The molecule has 15 nitrogen and oxygen atoms in total. The first-order chi connectivity index (χ1) is 29.0. The second-order valence-electron chi connectivity index (χ2n) is 12.5. The highest BCUT2D eigenvalue weighted by atomic mass is 35.5. The van der Waals surface area contributed by atoms with Gasteiger partial charge in [0.05, 0.1) is 59.5 Å². The van der Waals surface area contributed by atoms with Crippen molar-refractivity contribution in [3.05, 3.63) is 159 Å². The van der Waals surface area contributed by atoms with Crippen molar-refractivity contribution in [3.63, 3.8) is 0 Å². The predicted octanol–water partition coefficient (Wildman–Crippen LogP) is 9.53. The lowest BCUT2D eigenvalue weighted by molar-refractivity contribution is 0.101. The van der Waals surface area contributed by atoms with Crippen LogP contribution in [0.1, 0.15) is 26.4 Å². The molecule has 60 heavy (non-hydrogen) atoms. The molecule has 2 amide bonds. The van der Waals surface area contributed by atoms with Crippen molar-refractivity contribution in [1.82, 2.24) is 50.1 Å². The normalized spacial score (nSPS) is 10.6. The molecule has 4 aromatic carbocycles. The van der Waals surface area contributed by atoms with Crippen LogP contribution >= 0.6 is 46.4 Å². The molecule has 6 N–H and O–H groups in total. The molecule has 0 aliphatic heterocycles. The first kappa shape index (κ1) is 41.1. The van der Waals surface area contributed by atoms with E-state index in [2.05, 4.69) is 60.7 Å². The van der Waals surface area contributed by atoms with Gasteiger partial charge in [-0.05, 0) is 85.8 Å². The second kappa shape index (κ2) is 18.7. The maximum Gasteiger partial charge on any atom is 0.258 e. The van der Waals surface area contributed by atoms with E-state index in [4.69, 9.17) is 52.1 Å². The number of aryl methyl sites for hydroxylation is 1. The van der Waals surface area contributed by atoms with Crippen LogP contribution in [0.5, 0.6) is 0 Å². The van der Waals surface area contributed by atoms with Crippen LogP contribution in [-0.4, -0.2) is 61.9 Å². The number of fused-ring (bicyclic) bond motifs is 2. The lowest BCUT2D eigenvalue weighted by Crippen LogP contribution is -2.14. The van der Waals surface area contributed by atoms with Crippen LogP contribution in [0, 0.1) is 6.92 Å². The van der Waals surface area contributed by atoms with Crippen molar-refractivity contribution in [2.24, 2.45) is 0 Å². The fraction of sp³-hybridized carbons (Fsp3) is 0.0244. The molecule has 0 aliphatic carbocycles. The van der Waals surface area contributed by atoms with Crippen LogP contribution in [0.2, 0.25) is 20.1 Å². The van der Waals surface area contributed by atoms with Crippen molar-refractivity contribution in [1.29, 1.82) is 0 Å². The first-order valence-corrected chi connectivity index (χ1v) is 19.1. The quantitative estimate of drug-likeness (QED) is 0.106. The molecule has 0 spiro atoms. The van der Waals surface area contributed by atoms with E-state index in [1.807, 2.05) is 6.92 Å². The number of anilines is 3. The molecule has 0 radical (unpaired) electrons. The Kier molecular flexibility index (Phi) is 12.8. The minimum atomic E-state index is -0.311. The summed E-state index contributed by atoms with van der Waals surface area (Å²) in [5.74, 6) is 1.58. The highest BCUT2D eigenvalue weighted by Crippen LogP contribution is 2.35. The van der Waals surface area contributed by atoms with Gasteiger partial charge in [-0.25, -0.2) is 24.9 Å². The monoisotopic (exact) mass is 875 g/mol. The third-order valence-electron chi connectivity index (χ3n) is 8.30. The summed E-state index contributed by atoms with van der Waals surface area (Å²) in [6, 6.07) is 25.9. The molecule has 298 valence electrons. The van der Waals surface area contributed by atoms with Crippen molar-refractivity contribution in [2.45, 2.75) is 6.92 Å². The zero-order chi connectivity index (χ0) is 42.2. The van der Waals surface area contributed by atoms with Crippen LogP contribution in [-0.2, 0) is 0 Å². The number of carbonyl (C=O) groups is 2. The number of nitrogens with two attached hydrogens (primary N) is 1. The van der Waals surface area contributed by atoms with Crippen LogP contribution in [0.4, 0.5) is 17.6 Å². The van der Waals surface area contributed by atoms with Crippen LogP contribution in [0.25, 0.3) is 44.8 Å². The SMILES string of the molecule is Cc1ccnc(NC(=O)c2ccc3nc(-c4c(Cl)cccc4Cl)[nH]c3c2)n1.Nc1cnccn1.O=C(Nc1cccnn1)c1ccc2nc(-c3c(Cl)cccc3Cl)[nH]c2c1. The Hall–Kier alpha value is -7.04. The zero-order valence-electron chi connectivity index (χ0n) is 31.0. The molecule has 5 aromatic heterocycles. The van der Waals surface area contributed by atoms with Gasteiger partial charge in [-0.1, -0.05) is 58.5 Å². The molecule has 5 heterocycles. The Balaban J connectivity index is 0.000000156. The van der Waals surface area contributed by atoms with Gasteiger partial charge in [0.25, 0.3) is 11.8 Å². The number of hydrogen-bond donors (Lipinski definition) is 5. The summed E-state index contributed by atoms with van der Waals surface area (Å²) in [6.07, 6.45) is 7.76. The number of H-pyrrole nitrogens is 2. The highest BCUT2D eigenvalue weighted by Gasteiger charge is 2.17. The number of amides is 2. The Morgan fingerprint density at radius 3 is 1.65 bits per heavy atom. The zero-order valence-corrected chi connectivity index (χ0v) is 34.1. The number of imidazole rings is 2. The van der Waals surface area contributed by atoms with Crippen molar-refractivity contribution >= 4 is 97.9 Å². The maximum absolute atomic E-state index is 12.5. The maximum atomic E-state index is 12.5. The van der Waals surface area contributed by atoms with E-state index in [-0.39, 0.29) is 17.8 Å². The number of halogens is 4. The van der Waals surface area contributed by atoms with E-state index in [0.29, 0.717) is 87.7 Å². The summed E-state index contributed by atoms with van der Waals surface area (Å²) in [6.45, 7) is 1.83. The van der Waals surface area contributed by atoms with Gasteiger partial charge in [-0.2, -0.15) is 5.10 Å². The number of carbonyl (C=O) groups excluding carboxylic acids is 2. The van der Waals surface area contributed by atoms with Gasteiger partial charge in [0.15, 0.2) is 5.82 Å². The van der Waals surface area contributed by atoms with Crippen LogP contribution < -0.4 is 16.4 Å². The summed E-state index contributed by atoms with van der Waals surface area (Å²) in [5.41, 5.74) is 10.9. The van der Waals surface area contributed by atoms with E-state index < -0.39 is 0 Å². The first-order valence-electron chi connectivity index (χ1n) is 17.6. The number of rotatable bonds is 6. The lowest BCUT2D eigenvalue weighted by atomic mass is 10.2. The summed E-state index contributed by atoms with van der Waals surface area (Å²) in [7, 11) is 0. The molecule has 0 aliphatic rings. The van der Waals surface area contributed by atoms with E-state index in [1.54, 1.807) is 110 Å². The molecule has 19 heteroatoms. The Morgan fingerprint density at radius 2 is 1.18 bits per heavy atom. The number of aromatic amines is 2. The fourth-order valence-corrected chi connectivity index (χ4v) is 6.69. The molecular formula is C41H29Cl4N13O2. The summed E-state index contributed by atoms with van der Waals surface area (Å²) < 4.78 is 0. The smallest absolute Gasteiger partial charge is 0.258 e. The summed E-state index contributed by atoms with van der Waals surface area (Å²) in [5, 5.41) is 14.9. The molecule has 0 saturated heterocycles. The number of aromatic nitrogens is 10. The van der Waals surface area contributed by atoms with E-state index in [1.165, 1.54) is 12.4 Å². The van der Waals surface area contributed by atoms with Gasteiger partial charge in [0.1, 0.15) is 17.5 Å². The molecule has 0 unspecified atom stereocenters. The lowest BCUT2D eigenvalue weighted by Gasteiger charge is -2.04. The van der Waals surface area contributed by atoms with Crippen LogP contribution in [0.3, 0.4) is 0 Å². The van der Waals surface area contributed by atoms with E-state index in [9.17, 15) is 9.59 Å². The molecule has 9 rings (SSSR count). The van der Waals surface area contributed by atoms with Gasteiger partial charge in [0, 0.05) is 41.6 Å². The minimum absolute atomic E-state index is 0.258. The number of nitrogens with zero attached hydrogens (tertiary/aromatic N) is 8. The molecule has 0 saturated carbocycles. The molecule has 0 atom stereocenters. The molecule has 9 aromatic rings. The summed E-state index contributed by atoms with van der Waals surface area (Å²) in [4.78, 5) is 55.8. The number of nitrogen functional groups attached to an aromatic ring is 1. The molecular weight excluding hydrogens is 848 g/mol. The number of hydrogen-bond acceptors (Lipinski definition) is 11. The topological polar surface area (TPSA) is 219 Å². The fourth-order valence-electron chi connectivity index (χ4n) is 5.54. The van der Waals surface area contributed by atoms with E-state index >= 15 is 0 Å². The third kappa shape index (κ3) is 9.97. The van der Waals surface area contributed by atoms with Crippen molar-refractivity contribution in [3.8, 4) is 22.8 Å². The van der Waals surface area contributed by atoms with Crippen molar-refractivity contribution in [2.75, 3.05) is 16.4 Å². The highest BCUT2D eigenvalue weighted by molar-refractivity contribution is 6.39. The number of nitrogens with one attached hydrogen (secondary N) is 4. The third-order valence-corrected chi connectivity index (χ3v) is 9.56. The Morgan fingerprint density at radius 1 is 0.617 bits per heavy atom. The van der Waals surface area contributed by atoms with E-state index in [0.717, 1.165) is 5.69 Å². The van der Waals surface area contributed by atoms with Gasteiger partial charge in [0.2, 0.25) is 5.95 Å². The van der Waals surface area contributed by atoms with Gasteiger partial charge < -0.3 is 21.0 Å². The van der Waals surface area contributed by atoms with Gasteiger partial charge in [-0.15, -0.1) is 5.10 Å². The Bertz CT molecular complexity index is 2930. The standard InChI is InChI=1S/C19H13Cl2N5O.C18H11Cl2N5O.C4H5N3/c1-10-7-8-22-19(23-10)26-18(27)11-5-6-14-15(9-11)25-17(24-14)16-12(20)3-2-4-13(16)21;19-11-3-1-4-12(20)16(11)17-22-13-7-6-10(9-14(13)23-17)18(26)24-15-5-2-8-21-25-15;5-4-3-6-1-2-7-4/h2-9H,1H3,(H,24,25)(H,22,23,26,27);1-9H,(H,22,23)(H,24,25,26);1-3H,(H2,5,7).